The molecule has 1 aliphatic carbocycles. The first-order valence-electron chi connectivity index (χ1n) is 6.11. The largest absolute Gasteiger partial charge is 0.494 e. The van der Waals surface area contributed by atoms with E-state index in [2.05, 4.69) is 11.9 Å². The van der Waals surface area contributed by atoms with Crippen LogP contribution in [0.15, 0.2) is 12.1 Å². The lowest BCUT2D eigenvalue weighted by atomic mass is 9.81. The molecule has 1 aliphatic rings. The summed E-state index contributed by atoms with van der Waals surface area (Å²) in [4.78, 5) is 4.22. The predicted molar refractivity (Wildman–Crippen MR) is 68.1 cm³/mol. The molecular weight excluding hydrogens is 233 g/mol. The first kappa shape index (κ1) is 11.3. The molecule has 1 heterocycles. The van der Waals surface area contributed by atoms with Gasteiger partial charge in [-0.25, -0.2) is 9.37 Å². The van der Waals surface area contributed by atoms with E-state index in [9.17, 15) is 4.39 Å². The van der Waals surface area contributed by atoms with Gasteiger partial charge in [-0.2, -0.15) is 0 Å². The van der Waals surface area contributed by atoms with E-state index < -0.39 is 5.82 Å². The molecule has 3 rings (SSSR count). The monoisotopic (exact) mass is 249 g/mol. The molecule has 0 saturated heterocycles. The molecule has 1 saturated carbocycles. The molecular formula is C13H16FN3O. The van der Waals surface area contributed by atoms with Gasteiger partial charge in [0, 0.05) is 18.2 Å². The van der Waals surface area contributed by atoms with Crippen molar-refractivity contribution >= 4 is 17.0 Å². The maximum atomic E-state index is 13.6. The van der Waals surface area contributed by atoms with Crippen molar-refractivity contribution in [1.82, 2.24) is 9.55 Å². The minimum Gasteiger partial charge on any atom is -0.494 e. The fourth-order valence-corrected chi connectivity index (χ4v) is 2.73. The van der Waals surface area contributed by atoms with E-state index in [1.165, 1.54) is 13.2 Å². The van der Waals surface area contributed by atoms with Crippen LogP contribution >= 0.6 is 0 Å². The Bertz CT molecular complexity index is 602. The van der Waals surface area contributed by atoms with Crippen molar-refractivity contribution in [1.29, 1.82) is 0 Å². The van der Waals surface area contributed by atoms with E-state index in [0.29, 0.717) is 23.4 Å². The van der Waals surface area contributed by atoms with Gasteiger partial charge in [0.15, 0.2) is 11.6 Å². The highest BCUT2D eigenvalue weighted by atomic mass is 19.1. The van der Waals surface area contributed by atoms with Gasteiger partial charge < -0.3 is 15.0 Å². The number of nitrogens with two attached hydrogens (primary N) is 1. The number of aromatic nitrogens is 2. The number of benzene rings is 1. The summed E-state index contributed by atoms with van der Waals surface area (Å²) in [5, 5.41) is 0. The van der Waals surface area contributed by atoms with Crippen LogP contribution in [0.25, 0.3) is 11.0 Å². The zero-order valence-corrected chi connectivity index (χ0v) is 10.5. The quantitative estimate of drug-likeness (QED) is 0.890. The summed E-state index contributed by atoms with van der Waals surface area (Å²) >= 11 is 0. The average molecular weight is 249 g/mol. The Hall–Kier alpha value is -1.78. The predicted octanol–water partition coefficient (Wildman–Crippen LogP) is 2.74. The smallest absolute Gasteiger partial charge is 0.201 e. The fourth-order valence-electron chi connectivity index (χ4n) is 2.73. The number of nitrogen functional groups attached to an aromatic ring is 1. The molecule has 1 aromatic heterocycles. The number of halogens is 1. The summed E-state index contributed by atoms with van der Waals surface area (Å²) in [7, 11) is 1.46. The maximum Gasteiger partial charge on any atom is 0.201 e. The molecule has 1 fully saturated rings. The summed E-state index contributed by atoms with van der Waals surface area (Å²) in [6.45, 7) is 2.21. The van der Waals surface area contributed by atoms with Crippen LogP contribution in [0.1, 0.15) is 25.8 Å². The third kappa shape index (κ3) is 1.54. The van der Waals surface area contributed by atoms with Gasteiger partial charge in [0.1, 0.15) is 0 Å². The Labute approximate surface area is 105 Å². The highest BCUT2D eigenvalue weighted by molar-refractivity contribution is 5.80. The Morgan fingerprint density at radius 2 is 2.17 bits per heavy atom. The van der Waals surface area contributed by atoms with Crippen LogP contribution in [0.5, 0.6) is 5.75 Å². The average Bonchev–Trinajstić information content (AvgIpc) is 2.59. The van der Waals surface area contributed by atoms with Crippen molar-refractivity contribution in [3.63, 3.8) is 0 Å². The van der Waals surface area contributed by atoms with Gasteiger partial charge in [0.2, 0.25) is 5.95 Å². The minimum absolute atomic E-state index is 0.232. The summed E-state index contributed by atoms with van der Waals surface area (Å²) < 4.78 is 20.6. The Morgan fingerprint density at radius 1 is 1.44 bits per heavy atom. The third-order valence-corrected chi connectivity index (χ3v) is 3.70. The van der Waals surface area contributed by atoms with Gasteiger partial charge in [0.25, 0.3) is 0 Å². The molecule has 96 valence electrons. The molecule has 2 aromatic rings. The van der Waals surface area contributed by atoms with Crippen LogP contribution in [0.4, 0.5) is 10.3 Å². The van der Waals surface area contributed by atoms with Gasteiger partial charge in [-0.05, 0) is 18.8 Å². The minimum atomic E-state index is -0.406. The van der Waals surface area contributed by atoms with Crippen LogP contribution in [-0.2, 0) is 0 Å². The van der Waals surface area contributed by atoms with Gasteiger partial charge in [-0.3, -0.25) is 0 Å². The van der Waals surface area contributed by atoms with Crippen molar-refractivity contribution in [2.24, 2.45) is 5.92 Å². The SMILES string of the molecule is COc1cc2c(cc1F)nc(N)n2C1CC(C)C1. The molecule has 2 N–H and O–H groups in total. The van der Waals surface area contributed by atoms with Crippen molar-refractivity contribution in [3.05, 3.63) is 17.9 Å². The van der Waals surface area contributed by atoms with E-state index in [-0.39, 0.29) is 5.75 Å². The van der Waals surface area contributed by atoms with Crippen molar-refractivity contribution < 1.29 is 9.13 Å². The number of rotatable bonds is 2. The summed E-state index contributed by atoms with van der Waals surface area (Å²) in [6.07, 6.45) is 2.19. The lowest BCUT2D eigenvalue weighted by molar-refractivity contribution is 0.223. The molecule has 0 unspecified atom stereocenters. The third-order valence-electron chi connectivity index (χ3n) is 3.70. The van der Waals surface area contributed by atoms with Gasteiger partial charge in [-0.15, -0.1) is 0 Å². The van der Waals surface area contributed by atoms with Crippen molar-refractivity contribution in [2.45, 2.75) is 25.8 Å². The molecule has 0 atom stereocenters. The summed E-state index contributed by atoms with van der Waals surface area (Å²) in [5.41, 5.74) is 7.38. The molecule has 0 aliphatic heterocycles. The number of fused-ring (bicyclic) bond motifs is 1. The highest BCUT2D eigenvalue weighted by Gasteiger charge is 2.30. The number of hydrogen-bond acceptors (Lipinski definition) is 3. The van der Waals surface area contributed by atoms with Crippen molar-refractivity contribution in [3.8, 4) is 5.75 Å². The van der Waals surface area contributed by atoms with Crippen LogP contribution in [0.3, 0.4) is 0 Å². The summed E-state index contributed by atoms with van der Waals surface area (Å²) in [5.74, 6) is 0.997. The zero-order chi connectivity index (χ0) is 12.9. The number of anilines is 1. The maximum absolute atomic E-state index is 13.6. The molecule has 5 heteroatoms. The topological polar surface area (TPSA) is 53.1 Å². The van der Waals surface area contributed by atoms with Crippen LogP contribution in [0.2, 0.25) is 0 Å². The van der Waals surface area contributed by atoms with Crippen LogP contribution in [-0.4, -0.2) is 16.7 Å². The molecule has 1 aromatic carbocycles. The second kappa shape index (κ2) is 3.86. The first-order valence-corrected chi connectivity index (χ1v) is 6.11. The van der Waals surface area contributed by atoms with Crippen molar-refractivity contribution in [2.75, 3.05) is 12.8 Å². The Morgan fingerprint density at radius 3 is 2.78 bits per heavy atom. The number of methoxy groups -OCH3 is 1. The van der Waals surface area contributed by atoms with Gasteiger partial charge in [0.05, 0.1) is 18.1 Å². The van der Waals surface area contributed by atoms with Gasteiger partial charge in [-0.1, -0.05) is 6.92 Å². The highest BCUT2D eigenvalue weighted by Crippen LogP contribution is 2.41. The standard InChI is InChI=1S/C13H16FN3O/c1-7-3-8(4-7)17-11-6-12(18-2)9(14)5-10(11)16-13(17)15/h5-8H,3-4H2,1-2H3,(H2,15,16). The second-order valence-electron chi connectivity index (χ2n) is 5.05. The number of imidazole rings is 1. The number of hydrogen-bond donors (Lipinski definition) is 1. The normalized spacial score (nSPS) is 23.1. The molecule has 0 spiro atoms. The van der Waals surface area contributed by atoms with Crippen LogP contribution in [0, 0.1) is 11.7 Å². The molecule has 0 radical (unpaired) electrons. The molecule has 0 bridgehead atoms. The first-order chi connectivity index (χ1) is 8.60. The number of nitrogens with zero attached hydrogens (tertiary/aromatic N) is 2. The van der Waals surface area contributed by atoms with Crippen LogP contribution < -0.4 is 10.5 Å². The van der Waals surface area contributed by atoms with E-state index in [1.807, 2.05) is 4.57 Å². The van der Waals surface area contributed by atoms with Gasteiger partial charge >= 0.3 is 0 Å². The lowest BCUT2D eigenvalue weighted by Gasteiger charge is -2.34. The van der Waals surface area contributed by atoms with E-state index >= 15 is 0 Å². The zero-order valence-electron chi connectivity index (χ0n) is 10.5. The second-order valence-corrected chi connectivity index (χ2v) is 5.05. The fraction of sp³-hybridized carbons (Fsp3) is 0.462. The lowest BCUT2D eigenvalue weighted by Crippen LogP contribution is -2.25. The Kier molecular flexibility index (Phi) is 2.43. The number of ether oxygens (including phenoxy) is 1. The van der Waals surface area contributed by atoms with E-state index in [1.54, 1.807) is 6.07 Å². The van der Waals surface area contributed by atoms with E-state index in [0.717, 1.165) is 18.4 Å². The summed E-state index contributed by atoms with van der Waals surface area (Å²) in [6, 6.07) is 3.43. The molecule has 0 amide bonds. The molecule has 18 heavy (non-hydrogen) atoms. The molecule has 4 nitrogen and oxygen atoms in total. The Balaban J connectivity index is 2.15. The van der Waals surface area contributed by atoms with E-state index in [4.69, 9.17) is 10.5 Å².